The lowest BCUT2D eigenvalue weighted by Gasteiger charge is -2.21. The first-order chi connectivity index (χ1) is 11.9. The van der Waals surface area contributed by atoms with Gasteiger partial charge in [0.15, 0.2) is 18.1 Å². The van der Waals surface area contributed by atoms with E-state index in [1.807, 2.05) is 56.3 Å². The van der Waals surface area contributed by atoms with E-state index in [1.54, 1.807) is 14.2 Å². The van der Waals surface area contributed by atoms with Crippen LogP contribution in [0, 0.1) is 0 Å². The number of rotatable bonds is 5. The van der Waals surface area contributed by atoms with Crippen LogP contribution in [-0.4, -0.2) is 32.3 Å². The summed E-state index contributed by atoms with van der Waals surface area (Å²) in [6, 6.07) is 13.2. The molecule has 0 radical (unpaired) electrons. The zero-order chi connectivity index (χ0) is 18.0. The third-order valence-corrected chi connectivity index (χ3v) is 4.23. The van der Waals surface area contributed by atoms with E-state index in [2.05, 4.69) is 0 Å². The van der Waals surface area contributed by atoms with Crippen molar-refractivity contribution in [2.45, 2.75) is 25.9 Å². The molecular formula is C20H23NO4. The van der Waals surface area contributed by atoms with Gasteiger partial charge in [-0.1, -0.05) is 24.3 Å². The molecule has 132 valence electrons. The Kier molecular flexibility index (Phi) is 4.57. The lowest BCUT2D eigenvalue weighted by atomic mass is 10.0. The predicted octanol–water partition coefficient (Wildman–Crippen LogP) is 3.45. The van der Waals surface area contributed by atoms with E-state index in [0.29, 0.717) is 17.2 Å². The molecule has 5 nitrogen and oxygen atoms in total. The van der Waals surface area contributed by atoms with Crippen LogP contribution < -0.4 is 19.1 Å². The number of nitrogens with zero attached hydrogens (tertiary/aromatic N) is 1. The van der Waals surface area contributed by atoms with Gasteiger partial charge in [-0.3, -0.25) is 4.79 Å². The Morgan fingerprint density at radius 1 is 1.16 bits per heavy atom. The predicted molar refractivity (Wildman–Crippen MR) is 96.8 cm³/mol. The van der Waals surface area contributed by atoms with Gasteiger partial charge in [-0.05, 0) is 32.0 Å². The summed E-state index contributed by atoms with van der Waals surface area (Å²) in [4.78, 5) is 14.1. The number of likely N-dealkylation sites (N-methyl/N-ethyl adjacent to an activating group) is 1. The third-order valence-electron chi connectivity index (χ3n) is 4.23. The highest BCUT2D eigenvalue weighted by atomic mass is 16.5. The number of carbonyl (C=O) groups excluding carboxylic acids is 1. The van der Waals surface area contributed by atoms with Crippen molar-refractivity contribution in [2.75, 3.05) is 25.7 Å². The van der Waals surface area contributed by atoms with E-state index in [4.69, 9.17) is 14.2 Å². The second kappa shape index (κ2) is 6.67. The summed E-state index contributed by atoms with van der Waals surface area (Å²) in [5, 5.41) is 0. The first-order valence-electron chi connectivity index (χ1n) is 8.24. The number of hydrogen-bond acceptors (Lipinski definition) is 4. The molecule has 0 aromatic heterocycles. The summed E-state index contributed by atoms with van der Waals surface area (Å²) in [6.07, 6.45) is 0.828. The van der Waals surface area contributed by atoms with E-state index in [0.717, 1.165) is 17.7 Å². The van der Waals surface area contributed by atoms with Crippen LogP contribution in [0.4, 0.5) is 5.69 Å². The molecule has 3 rings (SSSR count). The molecule has 0 aliphatic carbocycles. The molecule has 1 aliphatic rings. The van der Waals surface area contributed by atoms with Crippen molar-refractivity contribution < 1.29 is 19.0 Å². The van der Waals surface area contributed by atoms with E-state index in [1.165, 1.54) is 4.90 Å². The maximum Gasteiger partial charge on any atom is 0.264 e. The molecule has 0 fully saturated rings. The van der Waals surface area contributed by atoms with Crippen LogP contribution in [-0.2, 0) is 11.2 Å². The van der Waals surface area contributed by atoms with Gasteiger partial charge in [-0.15, -0.1) is 0 Å². The van der Waals surface area contributed by atoms with Crippen molar-refractivity contribution in [1.29, 1.82) is 0 Å². The van der Waals surface area contributed by atoms with Crippen LogP contribution in [0.15, 0.2) is 42.5 Å². The summed E-state index contributed by atoms with van der Waals surface area (Å²) in [7, 11) is 3.29. The fraction of sp³-hybridized carbons (Fsp3) is 0.350. The highest BCUT2D eigenvalue weighted by molar-refractivity contribution is 5.95. The molecule has 25 heavy (non-hydrogen) atoms. The van der Waals surface area contributed by atoms with Gasteiger partial charge < -0.3 is 19.1 Å². The molecule has 0 spiro atoms. The molecule has 1 aliphatic heterocycles. The van der Waals surface area contributed by atoms with Crippen LogP contribution in [0.1, 0.15) is 19.4 Å². The van der Waals surface area contributed by atoms with E-state index < -0.39 is 0 Å². The third kappa shape index (κ3) is 3.55. The number of carbonyl (C=O) groups is 1. The molecule has 1 amide bonds. The summed E-state index contributed by atoms with van der Waals surface area (Å²) in [6.45, 7) is 4.00. The van der Waals surface area contributed by atoms with Gasteiger partial charge in [-0.2, -0.15) is 0 Å². The average Bonchev–Trinajstić information content (AvgIpc) is 2.93. The minimum atomic E-state index is -0.250. The van der Waals surface area contributed by atoms with Crippen LogP contribution in [0.3, 0.4) is 0 Å². The smallest absolute Gasteiger partial charge is 0.264 e. The van der Waals surface area contributed by atoms with E-state index >= 15 is 0 Å². The number of hydrogen-bond donors (Lipinski definition) is 0. The first-order valence-corrected chi connectivity index (χ1v) is 8.24. The number of para-hydroxylation sites is 3. The number of methoxy groups -OCH3 is 1. The second-order valence-electron chi connectivity index (χ2n) is 6.70. The Hall–Kier alpha value is -2.69. The SMILES string of the molecule is COc1ccccc1N(C)C(=O)COc1cccc2c1OC(C)(C)C2. The van der Waals surface area contributed by atoms with Crippen LogP contribution >= 0.6 is 0 Å². The summed E-state index contributed by atoms with van der Waals surface area (Å²) in [5.74, 6) is 1.81. The fourth-order valence-corrected chi connectivity index (χ4v) is 2.98. The zero-order valence-corrected chi connectivity index (χ0v) is 15.0. The number of amides is 1. The number of anilines is 1. The van der Waals surface area contributed by atoms with Gasteiger partial charge in [0.1, 0.15) is 11.4 Å². The minimum Gasteiger partial charge on any atom is -0.495 e. The van der Waals surface area contributed by atoms with Gasteiger partial charge in [0.25, 0.3) is 5.91 Å². The topological polar surface area (TPSA) is 48.0 Å². The van der Waals surface area contributed by atoms with Crippen LogP contribution in [0.5, 0.6) is 17.2 Å². The Morgan fingerprint density at radius 3 is 2.64 bits per heavy atom. The van der Waals surface area contributed by atoms with E-state index in [9.17, 15) is 4.79 Å². The molecule has 1 heterocycles. The summed E-state index contributed by atoms with van der Waals surface area (Å²) in [5.41, 5.74) is 1.56. The molecule has 2 aromatic rings. The molecule has 0 saturated carbocycles. The molecule has 0 bridgehead atoms. The molecule has 0 unspecified atom stereocenters. The molecule has 0 atom stereocenters. The van der Waals surface area contributed by atoms with Gasteiger partial charge in [0, 0.05) is 19.0 Å². The van der Waals surface area contributed by atoms with E-state index in [-0.39, 0.29) is 18.1 Å². The quantitative estimate of drug-likeness (QED) is 0.836. The largest absolute Gasteiger partial charge is 0.495 e. The Morgan fingerprint density at radius 2 is 1.88 bits per heavy atom. The maximum absolute atomic E-state index is 12.5. The van der Waals surface area contributed by atoms with Gasteiger partial charge in [0.2, 0.25) is 0 Å². The Bertz CT molecular complexity index is 785. The first kappa shape index (κ1) is 17.1. The number of fused-ring (bicyclic) bond motifs is 1. The van der Waals surface area contributed by atoms with Crippen molar-refractivity contribution in [2.24, 2.45) is 0 Å². The highest BCUT2D eigenvalue weighted by Gasteiger charge is 2.32. The van der Waals surface area contributed by atoms with Crippen molar-refractivity contribution in [3.8, 4) is 17.2 Å². The molecule has 5 heteroatoms. The molecular weight excluding hydrogens is 318 g/mol. The maximum atomic E-state index is 12.5. The van der Waals surface area contributed by atoms with Gasteiger partial charge in [-0.25, -0.2) is 0 Å². The van der Waals surface area contributed by atoms with Crippen molar-refractivity contribution in [3.05, 3.63) is 48.0 Å². The van der Waals surface area contributed by atoms with Crippen molar-refractivity contribution >= 4 is 11.6 Å². The lowest BCUT2D eigenvalue weighted by Crippen LogP contribution is -2.31. The fourth-order valence-electron chi connectivity index (χ4n) is 2.98. The number of ether oxygens (including phenoxy) is 3. The Balaban J connectivity index is 1.71. The summed E-state index contributed by atoms with van der Waals surface area (Å²) < 4.78 is 17.0. The van der Waals surface area contributed by atoms with Crippen molar-refractivity contribution in [3.63, 3.8) is 0 Å². The minimum absolute atomic E-state index is 0.0746. The highest BCUT2D eigenvalue weighted by Crippen LogP contribution is 2.41. The standard InChI is InChI=1S/C20H23NO4/c1-20(2)12-14-8-7-11-17(19(14)25-20)24-13-18(22)21(3)15-9-5-6-10-16(15)23-4/h5-11H,12-13H2,1-4H3. The molecule has 2 aromatic carbocycles. The molecule has 0 saturated heterocycles. The molecule has 0 N–H and O–H groups in total. The zero-order valence-electron chi connectivity index (χ0n) is 15.0. The van der Waals surface area contributed by atoms with Crippen LogP contribution in [0.25, 0.3) is 0 Å². The van der Waals surface area contributed by atoms with Crippen molar-refractivity contribution in [1.82, 2.24) is 0 Å². The normalized spacial score (nSPS) is 14.4. The summed E-state index contributed by atoms with van der Waals surface area (Å²) >= 11 is 0. The average molecular weight is 341 g/mol. The monoisotopic (exact) mass is 341 g/mol. The Labute approximate surface area is 148 Å². The van der Waals surface area contributed by atoms with Gasteiger partial charge >= 0.3 is 0 Å². The van der Waals surface area contributed by atoms with Crippen LogP contribution in [0.2, 0.25) is 0 Å². The number of benzene rings is 2. The van der Waals surface area contributed by atoms with Gasteiger partial charge in [0.05, 0.1) is 12.8 Å². The lowest BCUT2D eigenvalue weighted by molar-refractivity contribution is -0.120. The second-order valence-corrected chi connectivity index (χ2v) is 6.70.